The topological polar surface area (TPSA) is 21.3 Å². The second-order valence-corrected chi connectivity index (χ2v) is 9.46. The van der Waals surface area contributed by atoms with Gasteiger partial charge < -0.3 is 10.1 Å². The van der Waals surface area contributed by atoms with E-state index < -0.39 is 0 Å². The van der Waals surface area contributed by atoms with E-state index in [2.05, 4.69) is 44.3 Å². The van der Waals surface area contributed by atoms with Gasteiger partial charge in [-0.15, -0.1) is 0 Å². The number of nitrogens with one attached hydrogen (secondary N) is 1. The molecule has 0 bridgehead atoms. The molecule has 3 aliphatic carbocycles. The van der Waals surface area contributed by atoms with Gasteiger partial charge in [-0.2, -0.15) is 0 Å². The van der Waals surface area contributed by atoms with Crippen molar-refractivity contribution in [2.24, 2.45) is 23.2 Å². The summed E-state index contributed by atoms with van der Waals surface area (Å²) in [5.74, 6) is 4.36. The molecule has 3 aliphatic rings. The van der Waals surface area contributed by atoms with Crippen LogP contribution in [0.25, 0.3) is 0 Å². The van der Waals surface area contributed by atoms with E-state index in [-0.39, 0.29) is 0 Å². The second kappa shape index (κ2) is 6.61. The number of methoxy groups -OCH3 is 1. The van der Waals surface area contributed by atoms with Gasteiger partial charge in [0.2, 0.25) is 0 Å². The molecule has 0 aliphatic heterocycles. The minimum atomic E-state index is 0.514. The molecule has 2 saturated carbocycles. The monoisotopic (exact) mass is 341 g/mol. The largest absolute Gasteiger partial charge is 0.497 e. The first-order valence-electron chi connectivity index (χ1n) is 10.4. The quantitative estimate of drug-likeness (QED) is 0.816. The normalized spacial score (nSPS) is 36.7. The molecule has 2 fully saturated rings. The third-order valence-electron chi connectivity index (χ3n) is 7.71. The van der Waals surface area contributed by atoms with Crippen molar-refractivity contribution in [1.29, 1.82) is 0 Å². The molecule has 2 heteroatoms. The zero-order chi connectivity index (χ0) is 17.6. The highest BCUT2D eigenvalue weighted by atomic mass is 16.5. The number of rotatable bonds is 4. The summed E-state index contributed by atoms with van der Waals surface area (Å²) in [5, 5.41) is 3.93. The van der Waals surface area contributed by atoms with Gasteiger partial charge in [0.15, 0.2) is 0 Å². The van der Waals surface area contributed by atoms with Crippen LogP contribution >= 0.6 is 0 Å². The lowest BCUT2D eigenvalue weighted by atomic mass is 9.55. The summed E-state index contributed by atoms with van der Waals surface area (Å²) in [6, 6.07) is 7.58. The van der Waals surface area contributed by atoms with Gasteiger partial charge in [-0.05, 0) is 97.4 Å². The summed E-state index contributed by atoms with van der Waals surface area (Å²) in [6.45, 7) is 8.42. The van der Waals surface area contributed by atoms with E-state index in [1.54, 1.807) is 18.2 Å². The van der Waals surface area contributed by atoms with Crippen LogP contribution in [0.1, 0.15) is 69.9 Å². The molecule has 1 aromatic rings. The number of fused-ring (bicyclic) bond motifs is 5. The van der Waals surface area contributed by atoms with E-state index in [0.717, 1.165) is 35.5 Å². The smallest absolute Gasteiger partial charge is 0.119 e. The fourth-order valence-electron chi connectivity index (χ4n) is 6.40. The van der Waals surface area contributed by atoms with Crippen LogP contribution in [0.15, 0.2) is 18.2 Å². The molecule has 2 nitrogen and oxygen atoms in total. The van der Waals surface area contributed by atoms with E-state index in [4.69, 9.17) is 4.74 Å². The highest BCUT2D eigenvalue weighted by molar-refractivity contribution is 5.40. The van der Waals surface area contributed by atoms with Crippen molar-refractivity contribution in [3.8, 4) is 5.75 Å². The van der Waals surface area contributed by atoms with Crippen LogP contribution in [0.5, 0.6) is 5.75 Å². The number of aryl methyl sites for hydroxylation is 1. The molecule has 0 saturated heterocycles. The Morgan fingerprint density at radius 3 is 2.80 bits per heavy atom. The zero-order valence-electron chi connectivity index (χ0n) is 16.5. The Labute approximate surface area is 153 Å². The number of benzene rings is 1. The lowest BCUT2D eigenvalue weighted by Crippen LogP contribution is -2.49. The van der Waals surface area contributed by atoms with Gasteiger partial charge in [-0.1, -0.05) is 26.8 Å². The first kappa shape index (κ1) is 17.4. The van der Waals surface area contributed by atoms with Gasteiger partial charge in [-0.25, -0.2) is 0 Å². The Kier molecular flexibility index (Phi) is 4.60. The summed E-state index contributed by atoms with van der Waals surface area (Å²) < 4.78 is 5.45. The van der Waals surface area contributed by atoms with Gasteiger partial charge >= 0.3 is 0 Å². The van der Waals surface area contributed by atoms with Crippen molar-refractivity contribution in [1.82, 2.24) is 5.32 Å². The molecular formula is C23H35NO. The average Bonchev–Trinajstić information content (AvgIpc) is 2.95. The van der Waals surface area contributed by atoms with Crippen LogP contribution in [0.2, 0.25) is 0 Å². The van der Waals surface area contributed by atoms with E-state index >= 15 is 0 Å². The first-order chi connectivity index (χ1) is 12.0. The molecule has 1 N–H and O–H groups in total. The van der Waals surface area contributed by atoms with Gasteiger partial charge in [0.25, 0.3) is 0 Å². The molecule has 25 heavy (non-hydrogen) atoms. The number of hydrogen-bond donors (Lipinski definition) is 1. The molecule has 138 valence electrons. The van der Waals surface area contributed by atoms with E-state index in [9.17, 15) is 0 Å². The van der Waals surface area contributed by atoms with Crippen LogP contribution in [0, 0.1) is 23.2 Å². The Bertz CT molecular complexity index is 625. The molecule has 1 aromatic carbocycles. The summed E-state index contributed by atoms with van der Waals surface area (Å²) >= 11 is 0. The predicted octanol–water partition coefficient (Wildman–Crippen LogP) is 5.17. The fourth-order valence-corrected chi connectivity index (χ4v) is 6.40. The summed E-state index contributed by atoms with van der Waals surface area (Å²) in [6.07, 6.45) is 8.19. The third-order valence-corrected chi connectivity index (χ3v) is 7.71. The second-order valence-electron chi connectivity index (χ2n) is 9.46. The highest BCUT2D eigenvalue weighted by Crippen LogP contribution is 2.60. The maximum atomic E-state index is 5.45. The van der Waals surface area contributed by atoms with E-state index in [1.807, 2.05) is 0 Å². The lowest BCUT2D eigenvalue weighted by Gasteiger charge is -2.51. The van der Waals surface area contributed by atoms with Gasteiger partial charge in [0.05, 0.1) is 7.11 Å². The van der Waals surface area contributed by atoms with Crippen LogP contribution < -0.4 is 10.1 Å². The van der Waals surface area contributed by atoms with Crippen molar-refractivity contribution in [3.05, 3.63) is 29.3 Å². The maximum absolute atomic E-state index is 5.45. The van der Waals surface area contributed by atoms with Crippen LogP contribution in [-0.4, -0.2) is 19.7 Å². The van der Waals surface area contributed by atoms with Crippen molar-refractivity contribution in [2.45, 2.75) is 71.3 Å². The Morgan fingerprint density at radius 2 is 2.04 bits per heavy atom. The van der Waals surface area contributed by atoms with Crippen molar-refractivity contribution in [3.63, 3.8) is 0 Å². The molecule has 5 atom stereocenters. The van der Waals surface area contributed by atoms with E-state index in [1.165, 1.54) is 45.1 Å². The van der Waals surface area contributed by atoms with Gasteiger partial charge in [0, 0.05) is 6.04 Å². The first-order valence-corrected chi connectivity index (χ1v) is 10.4. The number of hydrogen-bond acceptors (Lipinski definition) is 2. The molecule has 0 amide bonds. The van der Waals surface area contributed by atoms with Crippen LogP contribution in [-0.2, 0) is 6.42 Å². The average molecular weight is 342 g/mol. The summed E-state index contributed by atoms with van der Waals surface area (Å²) in [4.78, 5) is 0. The Morgan fingerprint density at radius 1 is 1.20 bits per heavy atom. The summed E-state index contributed by atoms with van der Waals surface area (Å²) in [5.41, 5.74) is 3.70. The molecule has 0 radical (unpaired) electrons. The summed E-state index contributed by atoms with van der Waals surface area (Å²) in [7, 11) is 1.78. The minimum absolute atomic E-state index is 0.514. The zero-order valence-corrected chi connectivity index (χ0v) is 16.5. The lowest BCUT2D eigenvalue weighted by molar-refractivity contribution is 0.0406. The molecule has 0 heterocycles. The van der Waals surface area contributed by atoms with Gasteiger partial charge in [-0.3, -0.25) is 0 Å². The predicted molar refractivity (Wildman–Crippen MR) is 104 cm³/mol. The standard InChI is InChI=1S/C23H35NO/c1-15(2)14-24-22-10-9-21-20-7-5-16-13-17(25-4)6-8-18(16)19(20)11-12-23(21,22)3/h6,8,13,15,19-22,24H,5,7,9-12,14H2,1-4H3/t19-,20-,21?,22?,23+/m1/s1. The Hall–Kier alpha value is -1.02. The van der Waals surface area contributed by atoms with Crippen molar-refractivity contribution >= 4 is 0 Å². The third kappa shape index (κ3) is 2.91. The van der Waals surface area contributed by atoms with Crippen LogP contribution in [0.3, 0.4) is 0 Å². The molecule has 0 aromatic heterocycles. The van der Waals surface area contributed by atoms with Crippen molar-refractivity contribution < 1.29 is 4.74 Å². The van der Waals surface area contributed by atoms with Crippen molar-refractivity contribution in [2.75, 3.05) is 13.7 Å². The number of ether oxygens (including phenoxy) is 1. The highest BCUT2D eigenvalue weighted by Gasteiger charge is 2.54. The van der Waals surface area contributed by atoms with Gasteiger partial charge in [0.1, 0.15) is 5.75 Å². The molecule has 0 spiro atoms. The molecule has 4 rings (SSSR count). The van der Waals surface area contributed by atoms with Crippen LogP contribution in [0.4, 0.5) is 0 Å². The fraction of sp³-hybridized carbons (Fsp3) is 0.739. The Balaban J connectivity index is 1.55. The SMILES string of the molecule is COc1ccc2c(c1)CC[C@H]1C3CCC(NCC(C)C)[C@@]3(C)CC[C@H]21. The van der Waals surface area contributed by atoms with E-state index in [0.29, 0.717) is 5.41 Å². The molecular weight excluding hydrogens is 306 g/mol. The minimum Gasteiger partial charge on any atom is -0.497 e. The molecule has 2 unspecified atom stereocenters. The maximum Gasteiger partial charge on any atom is 0.119 e.